The van der Waals surface area contributed by atoms with Gasteiger partial charge in [-0.1, -0.05) is 22.0 Å². The Morgan fingerprint density at radius 2 is 2.36 bits per heavy atom. The van der Waals surface area contributed by atoms with Crippen LogP contribution in [0.15, 0.2) is 23.1 Å². The van der Waals surface area contributed by atoms with E-state index in [2.05, 4.69) is 33.4 Å². The first-order valence-corrected chi connectivity index (χ1v) is 6.52. The lowest BCUT2D eigenvalue weighted by atomic mass is 10.1. The van der Waals surface area contributed by atoms with Crippen LogP contribution in [-0.2, 0) is 11.2 Å². The SMILES string of the molecule is O=C1CSc2cc(CCBr)ccc2N1. The number of anilines is 1. The maximum Gasteiger partial charge on any atom is 0.234 e. The molecule has 0 aromatic heterocycles. The number of carbonyl (C=O) groups is 1. The number of amides is 1. The van der Waals surface area contributed by atoms with E-state index in [0.29, 0.717) is 5.75 Å². The Hall–Kier alpha value is -0.480. The highest BCUT2D eigenvalue weighted by molar-refractivity contribution is 9.09. The lowest BCUT2D eigenvalue weighted by molar-refractivity contribution is -0.113. The largest absolute Gasteiger partial charge is 0.324 e. The fourth-order valence-corrected chi connectivity index (χ4v) is 2.71. The summed E-state index contributed by atoms with van der Waals surface area (Å²) in [5, 5.41) is 3.83. The van der Waals surface area contributed by atoms with Crippen LogP contribution >= 0.6 is 27.7 Å². The normalized spacial score (nSPS) is 14.8. The van der Waals surface area contributed by atoms with Crippen LogP contribution in [0, 0.1) is 0 Å². The topological polar surface area (TPSA) is 29.1 Å². The van der Waals surface area contributed by atoms with E-state index in [0.717, 1.165) is 17.4 Å². The molecule has 2 rings (SSSR count). The molecule has 1 aliphatic rings. The number of aryl methyl sites for hydroxylation is 1. The Kier molecular flexibility index (Phi) is 3.13. The van der Waals surface area contributed by atoms with E-state index >= 15 is 0 Å². The standard InChI is InChI=1S/C10H10BrNOS/c11-4-3-7-1-2-8-9(5-7)14-6-10(13)12-8/h1-2,5H,3-4,6H2,(H,12,13). The van der Waals surface area contributed by atoms with Gasteiger partial charge in [-0.15, -0.1) is 11.8 Å². The van der Waals surface area contributed by atoms with Crippen LogP contribution in [0.1, 0.15) is 5.56 Å². The third-order valence-electron chi connectivity index (χ3n) is 2.06. The molecule has 0 unspecified atom stereocenters. The molecule has 1 aliphatic heterocycles. The van der Waals surface area contributed by atoms with Crippen molar-refractivity contribution in [3.05, 3.63) is 23.8 Å². The van der Waals surface area contributed by atoms with Gasteiger partial charge < -0.3 is 5.32 Å². The number of halogens is 1. The average molecular weight is 272 g/mol. The number of alkyl halides is 1. The fraction of sp³-hybridized carbons (Fsp3) is 0.300. The zero-order chi connectivity index (χ0) is 9.97. The molecule has 0 saturated heterocycles. The van der Waals surface area contributed by atoms with Crippen LogP contribution in [0.4, 0.5) is 5.69 Å². The summed E-state index contributed by atoms with van der Waals surface area (Å²) in [5.74, 6) is 0.626. The van der Waals surface area contributed by atoms with Gasteiger partial charge in [-0.2, -0.15) is 0 Å². The van der Waals surface area contributed by atoms with Gasteiger partial charge >= 0.3 is 0 Å². The van der Waals surface area contributed by atoms with E-state index in [4.69, 9.17) is 0 Å². The van der Waals surface area contributed by atoms with Crippen LogP contribution in [0.2, 0.25) is 0 Å². The molecule has 0 saturated carbocycles. The molecule has 74 valence electrons. The van der Waals surface area contributed by atoms with Crippen molar-refractivity contribution < 1.29 is 4.79 Å². The Bertz CT molecular complexity index is 367. The Labute approximate surface area is 95.6 Å². The van der Waals surface area contributed by atoms with E-state index in [1.807, 2.05) is 6.07 Å². The van der Waals surface area contributed by atoms with Crippen LogP contribution < -0.4 is 5.32 Å². The predicted octanol–water partition coefficient (Wildman–Crippen LogP) is 2.67. The smallest absolute Gasteiger partial charge is 0.234 e. The third kappa shape index (κ3) is 2.12. The van der Waals surface area contributed by atoms with Crippen molar-refractivity contribution in [2.75, 3.05) is 16.4 Å². The number of fused-ring (bicyclic) bond motifs is 1. The van der Waals surface area contributed by atoms with Crippen LogP contribution in [0.3, 0.4) is 0 Å². The molecule has 0 fully saturated rings. The minimum Gasteiger partial charge on any atom is -0.324 e. The molecule has 0 radical (unpaired) electrons. The van der Waals surface area contributed by atoms with Crippen molar-refractivity contribution >= 4 is 39.3 Å². The molecule has 2 nitrogen and oxygen atoms in total. The zero-order valence-corrected chi connectivity index (χ0v) is 9.95. The summed E-state index contributed by atoms with van der Waals surface area (Å²) < 4.78 is 0. The molecule has 0 aliphatic carbocycles. The van der Waals surface area contributed by atoms with Crippen LogP contribution in [-0.4, -0.2) is 17.0 Å². The summed E-state index contributed by atoms with van der Waals surface area (Å²) in [7, 11) is 0. The lowest BCUT2D eigenvalue weighted by Crippen LogP contribution is -2.18. The lowest BCUT2D eigenvalue weighted by Gasteiger charge is -2.16. The van der Waals surface area contributed by atoms with Gasteiger partial charge in [-0.25, -0.2) is 0 Å². The van der Waals surface area contributed by atoms with E-state index in [1.165, 1.54) is 10.5 Å². The van der Waals surface area contributed by atoms with E-state index in [-0.39, 0.29) is 5.91 Å². The number of hydrogen-bond donors (Lipinski definition) is 1. The highest BCUT2D eigenvalue weighted by Crippen LogP contribution is 2.32. The molecular formula is C10H10BrNOS. The molecule has 0 atom stereocenters. The van der Waals surface area contributed by atoms with Crippen molar-refractivity contribution in [1.82, 2.24) is 0 Å². The number of thioether (sulfide) groups is 1. The number of benzene rings is 1. The van der Waals surface area contributed by atoms with Crippen LogP contribution in [0.25, 0.3) is 0 Å². The molecule has 4 heteroatoms. The molecule has 0 bridgehead atoms. The monoisotopic (exact) mass is 271 g/mol. The predicted molar refractivity (Wildman–Crippen MR) is 63.3 cm³/mol. The van der Waals surface area contributed by atoms with Crippen molar-refractivity contribution in [1.29, 1.82) is 0 Å². The van der Waals surface area contributed by atoms with Crippen molar-refractivity contribution in [2.24, 2.45) is 0 Å². The molecule has 1 heterocycles. The molecule has 1 aromatic carbocycles. The average Bonchev–Trinajstić information content (AvgIpc) is 2.19. The molecule has 1 aromatic rings. The molecular weight excluding hydrogens is 262 g/mol. The first-order chi connectivity index (χ1) is 6.79. The minimum absolute atomic E-state index is 0.0933. The minimum atomic E-state index is 0.0933. The van der Waals surface area contributed by atoms with Crippen LogP contribution in [0.5, 0.6) is 0 Å². The highest BCUT2D eigenvalue weighted by atomic mass is 79.9. The van der Waals surface area contributed by atoms with Gasteiger partial charge in [0.15, 0.2) is 0 Å². The first kappa shape index (κ1) is 10.1. The van der Waals surface area contributed by atoms with Crippen molar-refractivity contribution in [3.63, 3.8) is 0 Å². The Morgan fingerprint density at radius 3 is 3.14 bits per heavy atom. The fourth-order valence-electron chi connectivity index (χ4n) is 1.38. The molecule has 14 heavy (non-hydrogen) atoms. The Balaban J connectivity index is 2.26. The number of carbonyl (C=O) groups excluding carboxylic acids is 1. The van der Waals surface area contributed by atoms with E-state index in [9.17, 15) is 4.79 Å². The second-order valence-corrected chi connectivity index (χ2v) is 4.92. The van der Waals surface area contributed by atoms with Crippen molar-refractivity contribution in [3.8, 4) is 0 Å². The molecule has 0 spiro atoms. The van der Waals surface area contributed by atoms with E-state index in [1.54, 1.807) is 11.8 Å². The second-order valence-electron chi connectivity index (χ2n) is 3.11. The van der Waals surface area contributed by atoms with Gasteiger partial charge in [-0.05, 0) is 24.1 Å². The summed E-state index contributed by atoms with van der Waals surface area (Å²) in [6.45, 7) is 0. The summed E-state index contributed by atoms with van der Waals surface area (Å²) in [6.07, 6.45) is 1.03. The van der Waals surface area contributed by atoms with Gasteiger partial charge in [-0.3, -0.25) is 4.79 Å². The summed E-state index contributed by atoms with van der Waals surface area (Å²) >= 11 is 5.02. The number of hydrogen-bond acceptors (Lipinski definition) is 2. The van der Waals surface area contributed by atoms with Gasteiger partial charge in [0, 0.05) is 10.2 Å². The number of rotatable bonds is 2. The third-order valence-corrected chi connectivity index (χ3v) is 3.51. The number of nitrogens with one attached hydrogen (secondary N) is 1. The van der Waals surface area contributed by atoms with Gasteiger partial charge in [0.25, 0.3) is 0 Å². The summed E-state index contributed by atoms with van der Waals surface area (Å²) in [5.41, 5.74) is 2.26. The van der Waals surface area contributed by atoms with Gasteiger partial charge in [0.1, 0.15) is 0 Å². The Morgan fingerprint density at radius 1 is 1.50 bits per heavy atom. The van der Waals surface area contributed by atoms with Gasteiger partial charge in [0.2, 0.25) is 5.91 Å². The van der Waals surface area contributed by atoms with Gasteiger partial charge in [0.05, 0.1) is 11.4 Å². The summed E-state index contributed by atoms with van der Waals surface area (Å²) in [4.78, 5) is 12.3. The molecule has 1 amide bonds. The van der Waals surface area contributed by atoms with E-state index < -0.39 is 0 Å². The second kappa shape index (κ2) is 4.36. The quantitative estimate of drug-likeness (QED) is 0.839. The molecule has 1 N–H and O–H groups in total. The summed E-state index contributed by atoms with van der Waals surface area (Å²) in [6, 6.07) is 6.20. The maximum atomic E-state index is 11.1. The highest BCUT2D eigenvalue weighted by Gasteiger charge is 2.14. The maximum absolute atomic E-state index is 11.1. The zero-order valence-electron chi connectivity index (χ0n) is 7.55. The first-order valence-electron chi connectivity index (χ1n) is 4.41. The van der Waals surface area contributed by atoms with Crippen molar-refractivity contribution in [2.45, 2.75) is 11.3 Å².